The zero-order valence-corrected chi connectivity index (χ0v) is 19.0. The summed E-state index contributed by atoms with van der Waals surface area (Å²) < 4.78 is 17.1. The second kappa shape index (κ2) is 10.0. The lowest BCUT2D eigenvalue weighted by atomic mass is 10.2. The monoisotopic (exact) mass is 510 g/mol. The molecule has 1 aromatic heterocycles. The van der Waals surface area contributed by atoms with Gasteiger partial charge in [-0.1, -0.05) is 11.6 Å². The lowest BCUT2D eigenvalue weighted by molar-refractivity contribution is -0.131. The van der Waals surface area contributed by atoms with Crippen LogP contribution in [-0.4, -0.2) is 35.0 Å². The number of rotatable bonds is 8. The van der Waals surface area contributed by atoms with Crippen molar-refractivity contribution in [1.29, 1.82) is 0 Å². The summed E-state index contributed by atoms with van der Waals surface area (Å²) in [5.74, 6) is 0.167. The van der Waals surface area contributed by atoms with Crippen molar-refractivity contribution in [3.8, 4) is 23.0 Å². The van der Waals surface area contributed by atoms with Gasteiger partial charge in [0.25, 0.3) is 5.22 Å². The van der Waals surface area contributed by atoms with Gasteiger partial charge in [0.1, 0.15) is 4.91 Å². The van der Waals surface area contributed by atoms with E-state index in [-0.39, 0.29) is 16.0 Å². The van der Waals surface area contributed by atoms with Gasteiger partial charge < -0.3 is 19.0 Å². The van der Waals surface area contributed by atoms with Gasteiger partial charge in [-0.15, -0.1) is 10.2 Å². The number of carboxylic acid groups (broad SMARTS) is 1. The highest BCUT2D eigenvalue weighted by atomic mass is 79.9. The van der Waals surface area contributed by atoms with Crippen LogP contribution in [0.4, 0.5) is 0 Å². The van der Waals surface area contributed by atoms with Gasteiger partial charge in [-0.3, -0.25) is 0 Å². The summed E-state index contributed by atoms with van der Waals surface area (Å²) >= 11 is 10.2. The van der Waals surface area contributed by atoms with Crippen LogP contribution in [0.1, 0.15) is 12.5 Å². The Morgan fingerprint density at radius 1 is 1.30 bits per heavy atom. The molecule has 30 heavy (non-hydrogen) atoms. The topological polar surface area (TPSA) is 94.7 Å². The standard InChI is InChI=1S/C20H16BrClN2O5S/c1-3-28-17-14(21)8-11(9-15(17)27-2)10-16(19(25)26)30-20-24-23-18(29-20)12-4-6-13(22)7-5-12/h4-10H,3H2,1-2H3,(H,25,26)/b16-10-. The minimum Gasteiger partial charge on any atom is -0.493 e. The second-order valence-electron chi connectivity index (χ2n) is 5.76. The Hall–Kier alpha value is -2.49. The molecule has 0 spiro atoms. The minimum absolute atomic E-state index is 0.000538. The molecular weight excluding hydrogens is 496 g/mol. The molecule has 0 aliphatic heterocycles. The van der Waals surface area contributed by atoms with Gasteiger partial charge in [-0.25, -0.2) is 4.79 Å². The highest BCUT2D eigenvalue weighted by Crippen LogP contribution is 2.38. The van der Waals surface area contributed by atoms with Crippen molar-refractivity contribution in [2.75, 3.05) is 13.7 Å². The van der Waals surface area contributed by atoms with Crippen LogP contribution in [0.25, 0.3) is 17.5 Å². The number of nitrogens with zero attached hydrogens (tertiary/aromatic N) is 2. The van der Waals surface area contributed by atoms with Gasteiger partial charge in [-0.2, -0.15) is 0 Å². The maximum atomic E-state index is 11.8. The third-order valence-corrected chi connectivity index (χ3v) is 5.44. The number of aliphatic carboxylic acids is 1. The van der Waals surface area contributed by atoms with Gasteiger partial charge in [0, 0.05) is 10.6 Å². The van der Waals surface area contributed by atoms with Gasteiger partial charge in [0.05, 0.1) is 18.2 Å². The maximum Gasteiger partial charge on any atom is 0.342 e. The Bertz CT molecular complexity index is 1090. The predicted octanol–water partition coefficient (Wildman–Crippen LogP) is 5.78. The van der Waals surface area contributed by atoms with Gasteiger partial charge in [-0.05, 0) is 82.7 Å². The summed E-state index contributed by atoms with van der Waals surface area (Å²) in [5.41, 5.74) is 1.28. The van der Waals surface area contributed by atoms with Crippen molar-refractivity contribution in [1.82, 2.24) is 10.2 Å². The quantitative estimate of drug-likeness (QED) is 0.300. The highest BCUT2D eigenvalue weighted by Gasteiger charge is 2.17. The van der Waals surface area contributed by atoms with E-state index < -0.39 is 5.97 Å². The van der Waals surface area contributed by atoms with E-state index in [0.717, 1.165) is 11.8 Å². The summed E-state index contributed by atoms with van der Waals surface area (Å²) in [4.78, 5) is 11.8. The Kier molecular flexibility index (Phi) is 7.41. The number of carboxylic acids is 1. The summed E-state index contributed by atoms with van der Waals surface area (Å²) in [6.45, 7) is 2.33. The Balaban J connectivity index is 1.88. The van der Waals surface area contributed by atoms with Gasteiger partial charge >= 0.3 is 5.97 Å². The molecule has 0 aliphatic rings. The van der Waals surface area contributed by atoms with Crippen molar-refractivity contribution < 1.29 is 23.8 Å². The number of halogens is 2. The molecule has 3 aromatic rings. The van der Waals surface area contributed by atoms with Crippen LogP contribution in [0.3, 0.4) is 0 Å². The zero-order chi connectivity index (χ0) is 21.7. The van der Waals surface area contributed by atoms with E-state index in [2.05, 4.69) is 26.1 Å². The highest BCUT2D eigenvalue weighted by molar-refractivity contribution is 9.10. The molecule has 0 bridgehead atoms. The molecule has 3 rings (SSSR count). The molecule has 2 aromatic carbocycles. The molecule has 0 aliphatic carbocycles. The van der Waals surface area contributed by atoms with E-state index in [4.69, 9.17) is 25.5 Å². The number of hydrogen-bond donors (Lipinski definition) is 1. The maximum absolute atomic E-state index is 11.8. The summed E-state index contributed by atoms with van der Waals surface area (Å²) in [5, 5.41) is 18.2. The average Bonchev–Trinajstić information content (AvgIpc) is 3.18. The van der Waals surface area contributed by atoms with Crippen LogP contribution in [0, 0.1) is 0 Å². The molecule has 156 valence electrons. The molecule has 0 fully saturated rings. The van der Waals surface area contributed by atoms with E-state index >= 15 is 0 Å². The third kappa shape index (κ3) is 5.35. The Morgan fingerprint density at radius 3 is 2.67 bits per heavy atom. The first kappa shape index (κ1) is 22.2. The van der Waals surface area contributed by atoms with Crippen molar-refractivity contribution in [2.45, 2.75) is 12.1 Å². The van der Waals surface area contributed by atoms with Crippen LogP contribution < -0.4 is 9.47 Å². The number of methoxy groups -OCH3 is 1. The lowest BCUT2D eigenvalue weighted by Crippen LogP contribution is -1.99. The fourth-order valence-electron chi connectivity index (χ4n) is 2.45. The molecule has 10 heteroatoms. The SMILES string of the molecule is CCOc1c(Br)cc(/C=C(\Sc2nnc(-c3ccc(Cl)cc3)o2)C(=O)O)cc1OC. The van der Waals surface area contributed by atoms with Gasteiger partial charge in [0.2, 0.25) is 5.89 Å². The van der Waals surface area contributed by atoms with E-state index in [1.165, 1.54) is 13.2 Å². The number of thioether (sulfide) groups is 1. The first-order valence-electron chi connectivity index (χ1n) is 8.64. The van der Waals surface area contributed by atoms with E-state index in [1.54, 1.807) is 36.4 Å². The van der Waals surface area contributed by atoms with Crippen molar-refractivity contribution >= 4 is 51.3 Å². The fraction of sp³-hybridized carbons (Fsp3) is 0.150. The largest absolute Gasteiger partial charge is 0.493 e. The number of hydrogen-bond acceptors (Lipinski definition) is 7. The number of benzene rings is 2. The van der Waals surface area contributed by atoms with Crippen LogP contribution in [0.2, 0.25) is 5.02 Å². The third-order valence-electron chi connectivity index (χ3n) is 3.74. The molecule has 1 heterocycles. The van der Waals surface area contributed by atoms with Crippen LogP contribution in [-0.2, 0) is 4.79 Å². The first-order valence-corrected chi connectivity index (χ1v) is 10.6. The first-order chi connectivity index (χ1) is 14.4. The average molecular weight is 512 g/mol. The van der Waals surface area contributed by atoms with Gasteiger partial charge in [0.15, 0.2) is 11.5 Å². The molecule has 0 saturated heterocycles. The fourth-order valence-corrected chi connectivity index (χ4v) is 3.82. The molecule has 0 unspecified atom stereocenters. The summed E-state index contributed by atoms with van der Waals surface area (Å²) in [7, 11) is 1.52. The molecule has 1 N–H and O–H groups in total. The smallest absolute Gasteiger partial charge is 0.342 e. The Labute approximate surface area is 190 Å². The van der Waals surface area contributed by atoms with E-state index in [1.807, 2.05) is 6.92 Å². The van der Waals surface area contributed by atoms with Crippen LogP contribution in [0.5, 0.6) is 11.5 Å². The molecule has 0 atom stereocenters. The second-order valence-corrected chi connectivity index (χ2v) is 8.05. The Morgan fingerprint density at radius 2 is 2.03 bits per heavy atom. The molecule has 0 saturated carbocycles. The number of ether oxygens (including phenoxy) is 2. The summed E-state index contributed by atoms with van der Waals surface area (Å²) in [6.07, 6.45) is 1.49. The normalized spacial score (nSPS) is 11.4. The zero-order valence-electron chi connectivity index (χ0n) is 15.9. The predicted molar refractivity (Wildman–Crippen MR) is 118 cm³/mol. The van der Waals surface area contributed by atoms with E-state index in [9.17, 15) is 9.90 Å². The molecule has 0 radical (unpaired) electrons. The number of carbonyl (C=O) groups is 1. The van der Waals surface area contributed by atoms with Crippen molar-refractivity contribution in [2.24, 2.45) is 0 Å². The molecule has 7 nitrogen and oxygen atoms in total. The van der Waals surface area contributed by atoms with Crippen molar-refractivity contribution in [3.05, 3.63) is 56.4 Å². The number of aromatic nitrogens is 2. The molecule has 0 amide bonds. The van der Waals surface area contributed by atoms with E-state index in [0.29, 0.717) is 38.7 Å². The van der Waals surface area contributed by atoms with Crippen LogP contribution >= 0.6 is 39.3 Å². The molecular formula is C20H16BrClN2O5S. The minimum atomic E-state index is -1.13. The lowest BCUT2D eigenvalue weighted by Gasteiger charge is -2.12. The van der Waals surface area contributed by atoms with Crippen molar-refractivity contribution in [3.63, 3.8) is 0 Å². The van der Waals surface area contributed by atoms with Crippen LogP contribution in [0.15, 0.2) is 55.4 Å². The summed E-state index contributed by atoms with van der Waals surface area (Å²) in [6, 6.07) is 10.3.